The van der Waals surface area contributed by atoms with Crippen LogP contribution in [0.5, 0.6) is 5.75 Å². The average Bonchev–Trinajstić information content (AvgIpc) is 3.02. The molecule has 0 bridgehead atoms. The number of ether oxygens (including phenoxy) is 1. The molecule has 0 saturated heterocycles. The Morgan fingerprint density at radius 2 is 1.92 bits per heavy atom. The van der Waals surface area contributed by atoms with Crippen LogP contribution in [0, 0.1) is 0 Å². The van der Waals surface area contributed by atoms with Gasteiger partial charge in [0.15, 0.2) is 5.96 Å². The van der Waals surface area contributed by atoms with Crippen molar-refractivity contribution in [3.05, 3.63) is 59.5 Å². The zero-order valence-electron chi connectivity index (χ0n) is 12.8. The predicted octanol–water partition coefficient (Wildman–Crippen LogP) is 2.88. The lowest BCUT2D eigenvalue weighted by molar-refractivity contribution is 0.308. The SMILES string of the molecule is NC(N)=Nc1nc(-c2ccc(OCc3ccccc3)c(N)c2)cs1. The molecule has 2 aromatic carbocycles. The molecule has 24 heavy (non-hydrogen) atoms. The van der Waals surface area contributed by atoms with E-state index in [0.717, 1.165) is 16.8 Å². The summed E-state index contributed by atoms with van der Waals surface area (Å²) in [6.45, 7) is 0.468. The van der Waals surface area contributed by atoms with Crippen LogP contribution in [0.3, 0.4) is 0 Å². The van der Waals surface area contributed by atoms with Crippen molar-refractivity contribution in [2.45, 2.75) is 6.61 Å². The number of hydrogen-bond donors (Lipinski definition) is 3. The second-order valence-electron chi connectivity index (χ2n) is 5.08. The highest BCUT2D eigenvalue weighted by atomic mass is 32.1. The summed E-state index contributed by atoms with van der Waals surface area (Å²) in [6, 6.07) is 15.5. The number of hydrogen-bond acceptors (Lipinski definition) is 5. The minimum atomic E-state index is -0.0138. The van der Waals surface area contributed by atoms with Gasteiger partial charge in [-0.2, -0.15) is 4.99 Å². The molecule has 3 rings (SSSR count). The molecule has 7 heteroatoms. The topological polar surface area (TPSA) is 113 Å². The van der Waals surface area contributed by atoms with Gasteiger partial charge in [0.25, 0.3) is 0 Å². The van der Waals surface area contributed by atoms with Crippen LogP contribution in [0.4, 0.5) is 10.8 Å². The molecule has 0 radical (unpaired) electrons. The molecule has 0 spiro atoms. The predicted molar refractivity (Wildman–Crippen MR) is 98.2 cm³/mol. The number of nitrogens with two attached hydrogens (primary N) is 3. The quantitative estimate of drug-likeness (QED) is 0.376. The molecule has 1 aromatic heterocycles. The molecular weight excluding hydrogens is 322 g/mol. The Morgan fingerprint density at radius 3 is 2.62 bits per heavy atom. The summed E-state index contributed by atoms with van der Waals surface area (Å²) < 4.78 is 5.77. The minimum Gasteiger partial charge on any atom is -0.487 e. The number of anilines is 1. The third-order valence-electron chi connectivity index (χ3n) is 3.26. The first-order valence-electron chi connectivity index (χ1n) is 7.23. The van der Waals surface area contributed by atoms with Crippen LogP contribution in [0.15, 0.2) is 58.9 Å². The lowest BCUT2D eigenvalue weighted by Gasteiger charge is -2.10. The molecular formula is C17H17N5OS. The zero-order chi connectivity index (χ0) is 16.9. The van der Waals surface area contributed by atoms with Gasteiger partial charge in [0.2, 0.25) is 5.13 Å². The minimum absolute atomic E-state index is 0.0138. The normalized spacial score (nSPS) is 10.3. The van der Waals surface area contributed by atoms with Crippen LogP contribution >= 0.6 is 11.3 Å². The fourth-order valence-corrected chi connectivity index (χ4v) is 2.85. The zero-order valence-corrected chi connectivity index (χ0v) is 13.7. The Labute approximate surface area is 143 Å². The van der Waals surface area contributed by atoms with E-state index in [4.69, 9.17) is 21.9 Å². The van der Waals surface area contributed by atoms with Gasteiger partial charge in [0.1, 0.15) is 12.4 Å². The van der Waals surface area contributed by atoms with Gasteiger partial charge in [-0.05, 0) is 23.8 Å². The van der Waals surface area contributed by atoms with Gasteiger partial charge >= 0.3 is 0 Å². The van der Waals surface area contributed by atoms with E-state index in [1.165, 1.54) is 11.3 Å². The Balaban J connectivity index is 1.75. The number of guanidine groups is 1. The Hall–Kier alpha value is -3.06. The van der Waals surface area contributed by atoms with Gasteiger partial charge in [-0.1, -0.05) is 30.3 Å². The van der Waals surface area contributed by atoms with Crippen molar-refractivity contribution in [3.8, 4) is 17.0 Å². The van der Waals surface area contributed by atoms with Gasteiger partial charge in [-0.15, -0.1) is 11.3 Å². The molecule has 0 amide bonds. The summed E-state index contributed by atoms with van der Waals surface area (Å²) in [4.78, 5) is 8.29. The maximum Gasteiger partial charge on any atom is 0.212 e. The Bertz CT molecular complexity index is 856. The average molecular weight is 339 g/mol. The summed E-state index contributed by atoms with van der Waals surface area (Å²) in [7, 11) is 0. The molecule has 0 atom stereocenters. The van der Waals surface area contributed by atoms with Crippen LogP contribution in [-0.4, -0.2) is 10.9 Å². The summed E-state index contributed by atoms with van der Waals surface area (Å²) >= 11 is 1.36. The van der Waals surface area contributed by atoms with Crippen LogP contribution in [0.1, 0.15) is 5.56 Å². The van der Waals surface area contributed by atoms with E-state index in [1.54, 1.807) is 0 Å². The third-order valence-corrected chi connectivity index (χ3v) is 3.99. The lowest BCUT2D eigenvalue weighted by Crippen LogP contribution is -2.21. The highest BCUT2D eigenvalue weighted by Gasteiger charge is 2.08. The largest absolute Gasteiger partial charge is 0.487 e. The number of nitrogens with zero attached hydrogens (tertiary/aromatic N) is 2. The molecule has 0 fully saturated rings. The third kappa shape index (κ3) is 3.82. The molecule has 6 nitrogen and oxygen atoms in total. The molecule has 122 valence electrons. The van der Waals surface area contributed by atoms with E-state index in [2.05, 4.69) is 9.98 Å². The highest BCUT2D eigenvalue weighted by molar-refractivity contribution is 7.13. The van der Waals surface area contributed by atoms with Crippen molar-refractivity contribution in [3.63, 3.8) is 0 Å². The van der Waals surface area contributed by atoms with E-state index >= 15 is 0 Å². The van der Waals surface area contributed by atoms with E-state index in [0.29, 0.717) is 23.2 Å². The number of aliphatic imine (C=N–C) groups is 1. The molecule has 0 aliphatic carbocycles. The summed E-state index contributed by atoms with van der Waals surface area (Å²) in [5.41, 5.74) is 20.1. The van der Waals surface area contributed by atoms with Crippen LogP contribution in [-0.2, 0) is 6.61 Å². The first-order chi connectivity index (χ1) is 11.6. The Kier molecular flexibility index (Phi) is 4.62. The summed E-state index contributed by atoms with van der Waals surface area (Å²) in [5, 5.41) is 2.38. The summed E-state index contributed by atoms with van der Waals surface area (Å²) in [6.07, 6.45) is 0. The number of nitrogen functional groups attached to an aromatic ring is 1. The van der Waals surface area contributed by atoms with Crippen molar-refractivity contribution in [2.24, 2.45) is 16.5 Å². The lowest BCUT2D eigenvalue weighted by atomic mass is 10.1. The standard InChI is InChI=1S/C17H17N5OS/c18-13-8-12(14-10-24-17(21-14)22-16(19)20)6-7-15(13)23-9-11-4-2-1-3-5-11/h1-8,10H,9,18H2,(H4,19,20,21,22). The van der Waals surface area contributed by atoms with E-state index in [9.17, 15) is 0 Å². The number of rotatable bonds is 5. The van der Waals surface area contributed by atoms with Gasteiger partial charge < -0.3 is 21.9 Å². The monoisotopic (exact) mass is 339 g/mol. The number of thiazole rings is 1. The number of benzene rings is 2. The maximum absolute atomic E-state index is 6.09. The second kappa shape index (κ2) is 7.01. The van der Waals surface area contributed by atoms with Gasteiger partial charge in [0.05, 0.1) is 11.4 Å². The molecule has 6 N–H and O–H groups in total. The van der Waals surface area contributed by atoms with Crippen molar-refractivity contribution in [1.29, 1.82) is 0 Å². The first kappa shape index (κ1) is 15.8. The van der Waals surface area contributed by atoms with E-state index in [1.807, 2.05) is 53.9 Å². The molecule has 1 heterocycles. The van der Waals surface area contributed by atoms with Gasteiger partial charge in [0, 0.05) is 10.9 Å². The van der Waals surface area contributed by atoms with Crippen LogP contribution in [0.25, 0.3) is 11.3 Å². The smallest absolute Gasteiger partial charge is 0.212 e. The van der Waals surface area contributed by atoms with E-state index < -0.39 is 0 Å². The molecule has 0 unspecified atom stereocenters. The van der Waals surface area contributed by atoms with Crippen molar-refractivity contribution in [1.82, 2.24) is 4.98 Å². The molecule has 0 saturated carbocycles. The molecule has 0 aliphatic rings. The van der Waals surface area contributed by atoms with Gasteiger partial charge in [-0.3, -0.25) is 0 Å². The molecule has 0 aliphatic heterocycles. The fraction of sp³-hybridized carbons (Fsp3) is 0.0588. The Morgan fingerprint density at radius 1 is 1.12 bits per heavy atom. The van der Waals surface area contributed by atoms with E-state index in [-0.39, 0.29) is 5.96 Å². The second-order valence-corrected chi connectivity index (χ2v) is 5.92. The summed E-state index contributed by atoms with van der Waals surface area (Å²) in [5.74, 6) is 0.627. The maximum atomic E-state index is 6.09. The fourth-order valence-electron chi connectivity index (χ4n) is 2.13. The van der Waals surface area contributed by atoms with Crippen LogP contribution in [0.2, 0.25) is 0 Å². The van der Waals surface area contributed by atoms with Crippen LogP contribution < -0.4 is 21.9 Å². The number of aromatic nitrogens is 1. The van der Waals surface area contributed by atoms with Crippen molar-refractivity contribution >= 4 is 28.1 Å². The van der Waals surface area contributed by atoms with Crippen molar-refractivity contribution in [2.75, 3.05) is 5.73 Å². The van der Waals surface area contributed by atoms with Gasteiger partial charge in [-0.25, -0.2) is 4.98 Å². The molecule has 3 aromatic rings. The van der Waals surface area contributed by atoms with Crippen molar-refractivity contribution < 1.29 is 4.74 Å². The first-order valence-corrected chi connectivity index (χ1v) is 8.11. The highest BCUT2D eigenvalue weighted by Crippen LogP contribution is 2.31.